The summed E-state index contributed by atoms with van der Waals surface area (Å²) in [7, 11) is 0. The van der Waals surface area contributed by atoms with Crippen LogP contribution < -0.4 is 11.3 Å². The third-order valence-electron chi connectivity index (χ3n) is 3.72. The molecule has 3 N–H and O–H groups in total. The van der Waals surface area contributed by atoms with E-state index >= 15 is 0 Å². The molecule has 0 aliphatic carbocycles. The topological polar surface area (TPSA) is 50.9 Å². The van der Waals surface area contributed by atoms with E-state index in [1.54, 1.807) is 0 Å². The molecule has 1 unspecified atom stereocenters. The van der Waals surface area contributed by atoms with Crippen LogP contribution in [0, 0.1) is 6.92 Å². The molecule has 0 radical (unpaired) electrons. The number of halogens is 1. The normalized spacial score (nSPS) is 12.5. The van der Waals surface area contributed by atoms with Gasteiger partial charge in [0.05, 0.1) is 6.04 Å². The molecule has 3 nitrogen and oxygen atoms in total. The van der Waals surface area contributed by atoms with Gasteiger partial charge in [-0.05, 0) is 35.6 Å². The number of hydrogen-bond acceptors (Lipinski definition) is 3. The lowest BCUT2D eigenvalue weighted by Gasteiger charge is -2.20. The van der Waals surface area contributed by atoms with Crippen molar-refractivity contribution in [3.8, 4) is 0 Å². The first-order valence-corrected chi connectivity index (χ1v) is 7.13. The van der Waals surface area contributed by atoms with E-state index in [2.05, 4.69) is 16.5 Å². The van der Waals surface area contributed by atoms with Crippen LogP contribution in [0.2, 0.25) is 5.02 Å². The van der Waals surface area contributed by atoms with Crippen molar-refractivity contribution >= 4 is 22.4 Å². The van der Waals surface area contributed by atoms with Crippen LogP contribution in [0.25, 0.3) is 10.8 Å². The highest BCUT2D eigenvalue weighted by molar-refractivity contribution is 6.30. The van der Waals surface area contributed by atoms with Gasteiger partial charge in [-0.25, -0.2) is 5.43 Å². The third-order valence-corrected chi connectivity index (χ3v) is 3.95. The summed E-state index contributed by atoms with van der Waals surface area (Å²) in [5.74, 6) is 5.82. The summed E-state index contributed by atoms with van der Waals surface area (Å²) in [6.07, 6.45) is 3.72. The van der Waals surface area contributed by atoms with Gasteiger partial charge < -0.3 is 0 Å². The number of hydrazine groups is 1. The standard InChI is InChI=1S/C17H16ClN3/c1-11-8-13(18)6-7-14(11)17(21-19)16-10-20-9-12-4-2-3-5-15(12)16/h2-10,17,21H,19H2,1H3. The van der Waals surface area contributed by atoms with Gasteiger partial charge in [-0.15, -0.1) is 0 Å². The molecule has 0 amide bonds. The van der Waals surface area contributed by atoms with Crippen LogP contribution >= 0.6 is 11.6 Å². The fourth-order valence-electron chi connectivity index (χ4n) is 2.68. The molecular formula is C17H16ClN3. The fraction of sp³-hybridized carbons (Fsp3) is 0.118. The Hall–Kier alpha value is -1.94. The zero-order chi connectivity index (χ0) is 14.8. The number of rotatable bonds is 3. The molecule has 4 heteroatoms. The van der Waals surface area contributed by atoms with Crippen molar-refractivity contribution in [2.24, 2.45) is 5.84 Å². The number of fused-ring (bicyclic) bond motifs is 1. The Morgan fingerprint density at radius 2 is 1.90 bits per heavy atom. The highest BCUT2D eigenvalue weighted by Crippen LogP contribution is 2.30. The minimum Gasteiger partial charge on any atom is -0.271 e. The molecule has 21 heavy (non-hydrogen) atoms. The second-order valence-electron chi connectivity index (χ2n) is 5.05. The number of benzene rings is 2. The lowest BCUT2D eigenvalue weighted by molar-refractivity contribution is 0.636. The summed E-state index contributed by atoms with van der Waals surface area (Å²) in [6, 6.07) is 13.9. The van der Waals surface area contributed by atoms with Crippen LogP contribution in [0.15, 0.2) is 54.9 Å². The quantitative estimate of drug-likeness (QED) is 0.572. The van der Waals surface area contributed by atoms with Crippen LogP contribution in [0.1, 0.15) is 22.7 Å². The zero-order valence-electron chi connectivity index (χ0n) is 11.7. The Kier molecular flexibility index (Phi) is 3.88. The second kappa shape index (κ2) is 5.82. The van der Waals surface area contributed by atoms with Crippen LogP contribution in [-0.4, -0.2) is 4.98 Å². The largest absolute Gasteiger partial charge is 0.271 e. The molecule has 0 fully saturated rings. The first kappa shape index (κ1) is 14.0. The first-order chi connectivity index (χ1) is 10.2. The van der Waals surface area contributed by atoms with Crippen molar-refractivity contribution in [3.05, 3.63) is 76.6 Å². The molecule has 106 valence electrons. The summed E-state index contributed by atoms with van der Waals surface area (Å²) >= 11 is 6.04. The second-order valence-corrected chi connectivity index (χ2v) is 5.49. The maximum Gasteiger partial charge on any atom is 0.0733 e. The molecule has 0 aliphatic rings. The minimum absolute atomic E-state index is 0.124. The van der Waals surface area contributed by atoms with Gasteiger partial charge in [-0.1, -0.05) is 41.9 Å². The lowest BCUT2D eigenvalue weighted by atomic mass is 9.93. The van der Waals surface area contributed by atoms with Crippen LogP contribution in [-0.2, 0) is 0 Å². The van der Waals surface area contributed by atoms with Gasteiger partial charge in [0.15, 0.2) is 0 Å². The number of aryl methyl sites for hydroxylation is 1. The number of nitrogens with zero attached hydrogens (tertiary/aromatic N) is 1. The summed E-state index contributed by atoms with van der Waals surface area (Å²) in [4.78, 5) is 4.33. The number of nitrogens with two attached hydrogens (primary N) is 1. The summed E-state index contributed by atoms with van der Waals surface area (Å²) in [5, 5.41) is 2.97. The average Bonchev–Trinajstić information content (AvgIpc) is 2.50. The molecule has 3 aromatic rings. The Balaban J connectivity index is 2.18. The van der Waals surface area contributed by atoms with E-state index < -0.39 is 0 Å². The first-order valence-electron chi connectivity index (χ1n) is 6.75. The predicted octanol–water partition coefficient (Wildman–Crippen LogP) is 3.75. The van der Waals surface area contributed by atoms with Gasteiger partial charge in [0.1, 0.15) is 0 Å². The summed E-state index contributed by atoms with van der Waals surface area (Å²) < 4.78 is 0. The van der Waals surface area contributed by atoms with Crippen molar-refractivity contribution in [2.75, 3.05) is 0 Å². The van der Waals surface area contributed by atoms with E-state index in [1.165, 1.54) is 0 Å². The molecule has 0 saturated carbocycles. The molecular weight excluding hydrogens is 282 g/mol. The Morgan fingerprint density at radius 1 is 1.10 bits per heavy atom. The molecule has 1 heterocycles. The van der Waals surface area contributed by atoms with E-state index in [1.807, 2.05) is 55.7 Å². The van der Waals surface area contributed by atoms with Crippen molar-refractivity contribution in [1.82, 2.24) is 10.4 Å². The van der Waals surface area contributed by atoms with Crippen molar-refractivity contribution < 1.29 is 0 Å². The zero-order valence-corrected chi connectivity index (χ0v) is 12.4. The van der Waals surface area contributed by atoms with Crippen LogP contribution in [0.3, 0.4) is 0 Å². The van der Waals surface area contributed by atoms with Crippen molar-refractivity contribution in [2.45, 2.75) is 13.0 Å². The molecule has 1 aromatic heterocycles. The minimum atomic E-state index is -0.124. The third kappa shape index (κ3) is 2.63. The van der Waals surface area contributed by atoms with Gasteiger partial charge in [0.25, 0.3) is 0 Å². The number of nitrogens with one attached hydrogen (secondary N) is 1. The Morgan fingerprint density at radius 3 is 2.67 bits per heavy atom. The summed E-state index contributed by atoms with van der Waals surface area (Å²) in [5.41, 5.74) is 6.15. The molecule has 0 aliphatic heterocycles. The number of hydrogen-bond donors (Lipinski definition) is 2. The number of aromatic nitrogens is 1. The van der Waals surface area contributed by atoms with Gasteiger partial charge in [0.2, 0.25) is 0 Å². The molecule has 2 aromatic carbocycles. The SMILES string of the molecule is Cc1cc(Cl)ccc1C(NN)c1cncc2ccccc12. The molecule has 0 spiro atoms. The van der Waals surface area contributed by atoms with Crippen molar-refractivity contribution in [1.29, 1.82) is 0 Å². The highest BCUT2D eigenvalue weighted by atomic mass is 35.5. The smallest absolute Gasteiger partial charge is 0.0733 e. The van der Waals surface area contributed by atoms with E-state index in [9.17, 15) is 0 Å². The van der Waals surface area contributed by atoms with Crippen LogP contribution in [0.5, 0.6) is 0 Å². The molecule has 0 saturated heterocycles. The average molecular weight is 298 g/mol. The number of pyridine rings is 1. The van der Waals surface area contributed by atoms with Crippen LogP contribution in [0.4, 0.5) is 0 Å². The maximum absolute atomic E-state index is 6.04. The monoisotopic (exact) mass is 297 g/mol. The maximum atomic E-state index is 6.04. The molecule has 1 atom stereocenters. The van der Waals surface area contributed by atoms with E-state index in [4.69, 9.17) is 17.4 Å². The lowest BCUT2D eigenvalue weighted by Crippen LogP contribution is -2.29. The molecule has 3 rings (SSSR count). The Bertz CT molecular complexity index is 781. The van der Waals surface area contributed by atoms with Gasteiger partial charge in [0, 0.05) is 28.4 Å². The van der Waals surface area contributed by atoms with Gasteiger partial charge in [-0.3, -0.25) is 10.8 Å². The van der Waals surface area contributed by atoms with Gasteiger partial charge >= 0.3 is 0 Å². The fourth-order valence-corrected chi connectivity index (χ4v) is 2.91. The summed E-state index contributed by atoms with van der Waals surface area (Å²) in [6.45, 7) is 2.03. The van der Waals surface area contributed by atoms with E-state index in [-0.39, 0.29) is 6.04 Å². The van der Waals surface area contributed by atoms with E-state index in [0.29, 0.717) is 0 Å². The highest BCUT2D eigenvalue weighted by Gasteiger charge is 2.17. The van der Waals surface area contributed by atoms with Gasteiger partial charge in [-0.2, -0.15) is 0 Å². The predicted molar refractivity (Wildman–Crippen MR) is 87.1 cm³/mol. The van der Waals surface area contributed by atoms with Crippen molar-refractivity contribution in [3.63, 3.8) is 0 Å². The Labute approximate surface area is 128 Å². The molecule has 0 bridgehead atoms. The van der Waals surface area contributed by atoms with E-state index in [0.717, 1.165) is 32.5 Å².